The number of aliphatic hydroxyl groups is 1. The van der Waals surface area contributed by atoms with Crippen LogP contribution in [0.2, 0.25) is 0 Å². The van der Waals surface area contributed by atoms with E-state index in [2.05, 4.69) is 10.2 Å². The van der Waals surface area contributed by atoms with E-state index in [1.807, 2.05) is 38.1 Å². The van der Waals surface area contributed by atoms with E-state index in [4.69, 9.17) is 4.74 Å². The average Bonchev–Trinajstić information content (AvgIpc) is 2.42. The van der Waals surface area contributed by atoms with Crippen LogP contribution in [0.1, 0.15) is 25.8 Å². The van der Waals surface area contributed by atoms with E-state index >= 15 is 0 Å². The first kappa shape index (κ1) is 18.2. The molecule has 0 fully saturated rings. The van der Waals surface area contributed by atoms with Gasteiger partial charge in [0.1, 0.15) is 24.6 Å². The van der Waals surface area contributed by atoms with Crippen LogP contribution in [0.4, 0.5) is 0 Å². The molecule has 22 heavy (non-hydrogen) atoms. The molecule has 1 rings (SSSR count). The Morgan fingerprint density at radius 1 is 1.41 bits per heavy atom. The number of aryl methyl sites for hydroxylation is 1. The fourth-order valence-corrected chi connectivity index (χ4v) is 2.06. The Morgan fingerprint density at radius 3 is 2.77 bits per heavy atom. The van der Waals surface area contributed by atoms with Crippen LogP contribution in [0.3, 0.4) is 0 Å². The number of rotatable bonds is 10. The first-order valence-electron chi connectivity index (χ1n) is 7.29. The third-order valence-corrected chi connectivity index (χ3v) is 3.09. The van der Waals surface area contributed by atoms with Crippen molar-refractivity contribution in [2.75, 3.05) is 13.2 Å². The van der Waals surface area contributed by atoms with Gasteiger partial charge in [0.15, 0.2) is 0 Å². The van der Waals surface area contributed by atoms with E-state index in [0.29, 0.717) is 13.0 Å². The van der Waals surface area contributed by atoms with Crippen molar-refractivity contribution >= 4 is 0 Å². The van der Waals surface area contributed by atoms with Gasteiger partial charge in [-0.25, -0.2) is 0 Å². The minimum Gasteiger partial charge on any atom is -0.491 e. The molecule has 2 N–H and O–H groups in total. The van der Waals surface area contributed by atoms with Crippen molar-refractivity contribution < 1.29 is 19.8 Å². The summed E-state index contributed by atoms with van der Waals surface area (Å²) in [6.45, 7) is 6.02. The molecule has 0 aromatic heterocycles. The van der Waals surface area contributed by atoms with Gasteiger partial charge in [0, 0.05) is 12.6 Å². The molecule has 0 amide bonds. The summed E-state index contributed by atoms with van der Waals surface area (Å²) < 4.78 is 5.51. The zero-order valence-corrected chi connectivity index (χ0v) is 13.2. The van der Waals surface area contributed by atoms with Crippen molar-refractivity contribution in [3.8, 4) is 5.75 Å². The highest BCUT2D eigenvalue weighted by molar-refractivity contribution is 5.27. The monoisotopic (exact) mass is 312 g/mol. The first-order valence-corrected chi connectivity index (χ1v) is 7.29. The summed E-state index contributed by atoms with van der Waals surface area (Å²) in [5.74, 6) is 0.722. The van der Waals surface area contributed by atoms with Gasteiger partial charge in [-0.05, 0) is 44.9 Å². The van der Waals surface area contributed by atoms with Gasteiger partial charge in [-0.3, -0.25) is 0 Å². The molecule has 0 saturated carbocycles. The Balaban J connectivity index is 2.22. The number of ether oxygens (including phenoxy) is 1. The number of hydrogen-bond acceptors (Lipinski definition) is 6. The number of benzene rings is 1. The van der Waals surface area contributed by atoms with Crippen molar-refractivity contribution in [1.29, 1.82) is 0 Å². The molecule has 0 aliphatic carbocycles. The van der Waals surface area contributed by atoms with Gasteiger partial charge >= 0.3 is 0 Å². The summed E-state index contributed by atoms with van der Waals surface area (Å²) in [5.41, 5.74) is 1.10. The lowest BCUT2D eigenvalue weighted by molar-refractivity contribution is -0.767. The van der Waals surface area contributed by atoms with Gasteiger partial charge < -0.3 is 20.0 Å². The van der Waals surface area contributed by atoms with Crippen LogP contribution in [-0.2, 0) is 4.84 Å². The normalized spacial score (nSPS) is 14.9. The standard InChI is InChI=1S/C15H24N2O5/c1-11-5-4-6-15(7-11)21-10-14(18)9-16-12(2)8-13(3)22-17(19)20/h4-7,12-14,16,18H,8-10H2,1-3H3. The topological polar surface area (TPSA) is 93.9 Å². The van der Waals surface area contributed by atoms with E-state index in [1.165, 1.54) is 0 Å². The fraction of sp³-hybridized carbons (Fsp3) is 0.600. The lowest BCUT2D eigenvalue weighted by Gasteiger charge is -2.19. The Morgan fingerprint density at radius 2 is 2.14 bits per heavy atom. The predicted molar refractivity (Wildman–Crippen MR) is 82.3 cm³/mol. The second-order valence-electron chi connectivity index (χ2n) is 5.47. The lowest BCUT2D eigenvalue weighted by atomic mass is 10.1. The number of nitrogens with zero attached hydrogens (tertiary/aromatic N) is 1. The van der Waals surface area contributed by atoms with E-state index in [-0.39, 0.29) is 12.6 Å². The molecule has 3 unspecified atom stereocenters. The molecular weight excluding hydrogens is 288 g/mol. The molecule has 0 bridgehead atoms. The second-order valence-corrected chi connectivity index (χ2v) is 5.47. The summed E-state index contributed by atoms with van der Waals surface area (Å²) in [5, 5.41) is 22.4. The minimum atomic E-state index is -0.790. The van der Waals surface area contributed by atoms with Gasteiger partial charge in [0.25, 0.3) is 5.09 Å². The third kappa shape index (κ3) is 7.80. The molecule has 0 saturated heterocycles. The zero-order chi connectivity index (χ0) is 16.5. The number of hydrogen-bond donors (Lipinski definition) is 2. The van der Waals surface area contributed by atoms with Gasteiger partial charge in [-0.15, -0.1) is 10.1 Å². The van der Waals surface area contributed by atoms with Crippen molar-refractivity contribution in [3.63, 3.8) is 0 Å². The number of nitrogens with one attached hydrogen (secondary N) is 1. The molecule has 0 radical (unpaired) electrons. The third-order valence-electron chi connectivity index (χ3n) is 3.09. The zero-order valence-electron chi connectivity index (χ0n) is 13.2. The maximum absolute atomic E-state index is 10.2. The van der Waals surface area contributed by atoms with Gasteiger partial charge in [-0.2, -0.15) is 0 Å². The van der Waals surface area contributed by atoms with Crippen LogP contribution in [0, 0.1) is 17.0 Å². The van der Waals surface area contributed by atoms with Crippen LogP contribution in [0.25, 0.3) is 0 Å². The van der Waals surface area contributed by atoms with E-state index < -0.39 is 17.3 Å². The number of aliphatic hydroxyl groups excluding tert-OH is 1. The van der Waals surface area contributed by atoms with Crippen LogP contribution in [0.5, 0.6) is 5.75 Å². The minimum absolute atomic E-state index is 0.0106. The maximum Gasteiger partial charge on any atom is 0.294 e. The Bertz CT molecular complexity index is 469. The smallest absolute Gasteiger partial charge is 0.294 e. The van der Waals surface area contributed by atoms with E-state index in [9.17, 15) is 15.2 Å². The molecular formula is C15H24N2O5. The Hall–Kier alpha value is -1.86. The van der Waals surface area contributed by atoms with Crippen LogP contribution < -0.4 is 10.1 Å². The van der Waals surface area contributed by atoms with Crippen LogP contribution >= 0.6 is 0 Å². The summed E-state index contributed by atoms with van der Waals surface area (Å²) >= 11 is 0. The Kier molecular flexibility index (Phi) is 7.62. The van der Waals surface area contributed by atoms with E-state index in [0.717, 1.165) is 11.3 Å². The maximum atomic E-state index is 10.2. The largest absolute Gasteiger partial charge is 0.491 e. The molecule has 0 heterocycles. The molecule has 1 aromatic rings. The SMILES string of the molecule is Cc1cccc(OCC(O)CNC(C)CC(C)O[N+](=O)[O-])c1. The highest BCUT2D eigenvalue weighted by Gasteiger charge is 2.13. The molecule has 0 aliphatic heterocycles. The molecule has 0 spiro atoms. The lowest BCUT2D eigenvalue weighted by Crippen LogP contribution is -2.38. The summed E-state index contributed by atoms with van der Waals surface area (Å²) in [4.78, 5) is 14.6. The summed E-state index contributed by atoms with van der Waals surface area (Å²) in [6.07, 6.45) is -0.667. The quantitative estimate of drug-likeness (QED) is 0.504. The van der Waals surface area contributed by atoms with E-state index in [1.54, 1.807) is 6.92 Å². The van der Waals surface area contributed by atoms with Crippen molar-refractivity contribution in [2.45, 2.75) is 45.4 Å². The van der Waals surface area contributed by atoms with Crippen LogP contribution in [-0.4, -0.2) is 41.6 Å². The first-order chi connectivity index (χ1) is 10.4. The van der Waals surface area contributed by atoms with Crippen molar-refractivity contribution in [2.24, 2.45) is 0 Å². The summed E-state index contributed by atoms with van der Waals surface area (Å²) in [7, 11) is 0. The summed E-state index contributed by atoms with van der Waals surface area (Å²) in [6, 6.07) is 7.60. The highest BCUT2D eigenvalue weighted by Crippen LogP contribution is 2.12. The van der Waals surface area contributed by atoms with Gasteiger partial charge in [0.2, 0.25) is 0 Å². The molecule has 0 aliphatic rings. The van der Waals surface area contributed by atoms with Crippen molar-refractivity contribution in [3.05, 3.63) is 39.9 Å². The highest BCUT2D eigenvalue weighted by atomic mass is 17.0. The second kappa shape index (κ2) is 9.22. The molecule has 7 nitrogen and oxygen atoms in total. The van der Waals surface area contributed by atoms with Gasteiger partial charge in [-0.1, -0.05) is 12.1 Å². The Labute approximate surface area is 130 Å². The molecule has 124 valence electrons. The molecule has 3 atom stereocenters. The van der Waals surface area contributed by atoms with Crippen LogP contribution in [0.15, 0.2) is 24.3 Å². The predicted octanol–water partition coefficient (Wildman–Crippen LogP) is 1.70. The van der Waals surface area contributed by atoms with Crippen molar-refractivity contribution in [1.82, 2.24) is 5.32 Å². The fourth-order valence-electron chi connectivity index (χ4n) is 2.06. The molecule has 1 aromatic carbocycles. The van der Waals surface area contributed by atoms with Gasteiger partial charge in [0.05, 0.1) is 0 Å². The average molecular weight is 312 g/mol. The molecule has 7 heteroatoms.